The maximum absolute atomic E-state index is 13.3. The summed E-state index contributed by atoms with van der Waals surface area (Å²) in [4.78, 5) is 0. The van der Waals surface area contributed by atoms with Gasteiger partial charge in [-0.2, -0.15) is 0 Å². The summed E-state index contributed by atoms with van der Waals surface area (Å²) in [6.07, 6.45) is 3.62. The van der Waals surface area contributed by atoms with Gasteiger partial charge < -0.3 is 4.74 Å². The molecule has 0 fully saturated rings. The minimum absolute atomic E-state index is 0.0140. The largest absolute Gasteiger partial charge is 0.494 e. The number of halogens is 1. The predicted octanol–water partition coefficient (Wildman–Crippen LogP) is 3.19. The van der Waals surface area contributed by atoms with E-state index < -0.39 is 0 Å². The Balaban J connectivity index is 2.90. The molecule has 0 aromatic heterocycles. The van der Waals surface area contributed by atoms with Crippen LogP contribution in [-0.2, 0) is 4.74 Å². The Morgan fingerprint density at radius 3 is 2.83 bits per heavy atom. The lowest BCUT2D eigenvalue weighted by atomic mass is 9.92. The molecule has 0 saturated carbocycles. The topological polar surface area (TPSA) is 9.23 Å². The first-order valence-corrected chi connectivity index (χ1v) is 4.32. The van der Waals surface area contributed by atoms with E-state index in [1.54, 1.807) is 0 Å². The Morgan fingerprint density at radius 1 is 1.67 bits per heavy atom. The first kappa shape index (κ1) is 9.30. The van der Waals surface area contributed by atoms with Gasteiger partial charge >= 0.3 is 0 Å². The van der Waals surface area contributed by atoms with Crippen molar-refractivity contribution in [3.05, 3.63) is 23.2 Å². The maximum Gasteiger partial charge on any atom is 0.150 e. The van der Waals surface area contributed by atoms with Crippen LogP contribution in [0.25, 0.3) is 0 Å². The summed E-state index contributed by atoms with van der Waals surface area (Å²) in [5, 5.41) is 0. The zero-order valence-corrected chi connectivity index (χ0v) is 7.86. The van der Waals surface area contributed by atoms with Crippen LogP contribution < -0.4 is 0 Å². The lowest BCUT2D eigenvalue weighted by Gasteiger charge is -2.19. The summed E-state index contributed by atoms with van der Waals surface area (Å²) in [5.41, 5.74) is 1.26. The molecule has 0 N–H and O–H groups in total. The molecule has 1 rings (SSSR count). The third-order valence-corrected chi connectivity index (χ3v) is 2.25. The van der Waals surface area contributed by atoms with Crippen molar-refractivity contribution in [3.8, 4) is 0 Å². The van der Waals surface area contributed by atoms with Crippen LogP contribution in [0.5, 0.6) is 0 Å². The van der Waals surface area contributed by atoms with E-state index in [1.165, 1.54) is 12.7 Å². The van der Waals surface area contributed by atoms with E-state index in [-0.39, 0.29) is 11.7 Å². The van der Waals surface area contributed by atoms with Crippen LogP contribution >= 0.6 is 0 Å². The van der Waals surface area contributed by atoms with Gasteiger partial charge in [-0.1, -0.05) is 19.4 Å². The van der Waals surface area contributed by atoms with Crippen LogP contribution in [0.2, 0.25) is 0 Å². The van der Waals surface area contributed by atoms with Gasteiger partial charge in [0, 0.05) is 5.92 Å². The van der Waals surface area contributed by atoms with E-state index in [1.807, 2.05) is 13.0 Å². The monoisotopic (exact) mass is 170 g/mol. The molecule has 1 nitrogen and oxygen atoms in total. The smallest absolute Gasteiger partial charge is 0.150 e. The molecule has 0 heterocycles. The van der Waals surface area contributed by atoms with Gasteiger partial charge in [0.1, 0.15) is 5.83 Å². The Morgan fingerprint density at radius 2 is 2.33 bits per heavy atom. The zero-order valence-electron chi connectivity index (χ0n) is 7.86. The van der Waals surface area contributed by atoms with Gasteiger partial charge in [0.15, 0.2) is 5.76 Å². The van der Waals surface area contributed by atoms with Crippen LogP contribution in [0.4, 0.5) is 4.39 Å². The molecule has 2 heteroatoms. The Kier molecular flexibility index (Phi) is 2.90. The van der Waals surface area contributed by atoms with Crippen molar-refractivity contribution < 1.29 is 9.13 Å². The van der Waals surface area contributed by atoms with Crippen LogP contribution in [0.1, 0.15) is 26.7 Å². The minimum atomic E-state index is -0.116. The van der Waals surface area contributed by atoms with Crippen molar-refractivity contribution in [3.63, 3.8) is 0 Å². The number of ether oxygens (including phenoxy) is 1. The average molecular weight is 170 g/mol. The normalized spacial score (nSPS) is 24.0. The second-order valence-electron chi connectivity index (χ2n) is 3.18. The van der Waals surface area contributed by atoms with E-state index in [0.29, 0.717) is 5.76 Å². The highest BCUT2D eigenvalue weighted by Gasteiger charge is 2.20. The van der Waals surface area contributed by atoms with E-state index in [0.717, 1.165) is 12.8 Å². The lowest BCUT2D eigenvalue weighted by Crippen LogP contribution is -2.07. The Hall–Kier alpha value is -0.790. The van der Waals surface area contributed by atoms with Crippen molar-refractivity contribution in [1.82, 2.24) is 0 Å². The molecule has 0 radical (unpaired) electrons. The van der Waals surface area contributed by atoms with E-state index >= 15 is 0 Å². The second-order valence-corrected chi connectivity index (χ2v) is 3.18. The zero-order chi connectivity index (χ0) is 9.14. The molecule has 0 aliphatic heterocycles. The van der Waals surface area contributed by atoms with Gasteiger partial charge in [0.05, 0.1) is 7.11 Å². The van der Waals surface area contributed by atoms with Crippen molar-refractivity contribution >= 4 is 0 Å². The fourth-order valence-corrected chi connectivity index (χ4v) is 1.44. The van der Waals surface area contributed by atoms with Crippen LogP contribution in [0, 0.1) is 5.92 Å². The number of hydrogen-bond acceptors (Lipinski definition) is 1. The third kappa shape index (κ3) is 1.68. The number of hydrogen-bond donors (Lipinski definition) is 0. The first-order chi connectivity index (χ1) is 5.69. The molecule has 1 aliphatic rings. The van der Waals surface area contributed by atoms with Gasteiger partial charge in [0.25, 0.3) is 0 Å². The van der Waals surface area contributed by atoms with E-state index in [4.69, 9.17) is 4.74 Å². The lowest BCUT2D eigenvalue weighted by molar-refractivity contribution is 0.272. The van der Waals surface area contributed by atoms with Crippen LogP contribution in [0.15, 0.2) is 23.2 Å². The van der Waals surface area contributed by atoms with Gasteiger partial charge in [-0.25, -0.2) is 4.39 Å². The SMILES string of the molecule is CCC1=CC(OC)=C(F)C(C)C1. The third-order valence-electron chi connectivity index (χ3n) is 2.25. The van der Waals surface area contributed by atoms with Gasteiger partial charge in [-0.3, -0.25) is 0 Å². The van der Waals surface area contributed by atoms with Gasteiger partial charge in [-0.15, -0.1) is 0 Å². The van der Waals surface area contributed by atoms with Gasteiger partial charge in [-0.05, 0) is 18.9 Å². The molecule has 0 saturated heterocycles. The molecule has 0 bridgehead atoms. The summed E-state index contributed by atoms with van der Waals surface area (Å²) in [5.74, 6) is 0.278. The number of allylic oxidation sites excluding steroid dienone is 3. The molecule has 0 amide bonds. The highest BCUT2D eigenvalue weighted by molar-refractivity contribution is 5.27. The molecular formula is C10H15FO. The molecule has 1 atom stereocenters. The summed E-state index contributed by atoms with van der Waals surface area (Å²) in [6, 6.07) is 0. The molecule has 0 aromatic carbocycles. The van der Waals surface area contributed by atoms with Crippen molar-refractivity contribution in [1.29, 1.82) is 0 Å². The van der Waals surface area contributed by atoms with Gasteiger partial charge in [0.2, 0.25) is 0 Å². The maximum atomic E-state index is 13.3. The van der Waals surface area contributed by atoms with E-state index in [9.17, 15) is 4.39 Å². The first-order valence-electron chi connectivity index (χ1n) is 4.32. The molecule has 12 heavy (non-hydrogen) atoms. The summed E-state index contributed by atoms with van der Waals surface area (Å²) >= 11 is 0. The summed E-state index contributed by atoms with van der Waals surface area (Å²) in [7, 11) is 1.51. The molecule has 1 aliphatic carbocycles. The summed E-state index contributed by atoms with van der Waals surface area (Å²) < 4.78 is 18.2. The highest BCUT2D eigenvalue weighted by atomic mass is 19.1. The van der Waals surface area contributed by atoms with Crippen molar-refractivity contribution in [2.45, 2.75) is 26.7 Å². The fourth-order valence-electron chi connectivity index (χ4n) is 1.44. The molecule has 68 valence electrons. The average Bonchev–Trinajstić information content (AvgIpc) is 2.09. The summed E-state index contributed by atoms with van der Waals surface area (Å²) in [6.45, 7) is 3.96. The molecular weight excluding hydrogens is 155 g/mol. The highest BCUT2D eigenvalue weighted by Crippen LogP contribution is 2.31. The van der Waals surface area contributed by atoms with Crippen LogP contribution in [0.3, 0.4) is 0 Å². The van der Waals surface area contributed by atoms with E-state index in [2.05, 4.69) is 6.92 Å². The minimum Gasteiger partial charge on any atom is -0.494 e. The van der Waals surface area contributed by atoms with Crippen LogP contribution in [-0.4, -0.2) is 7.11 Å². The number of rotatable bonds is 2. The van der Waals surface area contributed by atoms with Crippen molar-refractivity contribution in [2.24, 2.45) is 5.92 Å². The Bertz CT molecular complexity index is 228. The standard InChI is InChI=1S/C10H15FO/c1-4-8-5-7(2)10(11)9(6-8)12-3/h6-7H,4-5H2,1-3H3. The Labute approximate surface area is 72.9 Å². The quantitative estimate of drug-likeness (QED) is 0.618. The molecule has 0 spiro atoms. The second kappa shape index (κ2) is 3.74. The molecule has 0 aromatic rings. The number of methoxy groups -OCH3 is 1. The fraction of sp³-hybridized carbons (Fsp3) is 0.600. The molecule has 1 unspecified atom stereocenters. The predicted molar refractivity (Wildman–Crippen MR) is 47.3 cm³/mol. The van der Waals surface area contributed by atoms with Crippen molar-refractivity contribution in [2.75, 3.05) is 7.11 Å².